The van der Waals surface area contributed by atoms with Gasteiger partial charge in [0.2, 0.25) is 0 Å². The normalized spacial score (nSPS) is 15.1. The first kappa shape index (κ1) is 13.6. The summed E-state index contributed by atoms with van der Waals surface area (Å²) >= 11 is 0. The number of ether oxygens (including phenoxy) is 2. The van der Waals surface area contributed by atoms with Crippen molar-refractivity contribution in [3.63, 3.8) is 0 Å². The highest BCUT2D eigenvalue weighted by molar-refractivity contribution is 6.01. The lowest BCUT2D eigenvalue weighted by atomic mass is 10.2. The molecule has 7 heteroatoms. The summed E-state index contributed by atoms with van der Waals surface area (Å²) < 4.78 is 15.4. The minimum atomic E-state index is -0.587. The maximum atomic E-state index is 12.0. The van der Waals surface area contributed by atoms with Crippen molar-refractivity contribution in [1.29, 1.82) is 0 Å². The van der Waals surface area contributed by atoms with Gasteiger partial charge in [-0.15, -0.1) is 0 Å². The zero-order chi connectivity index (χ0) is 14.7. The number of carbonyl (C=O) groups is 2. The van der Waals surface area contributed by atoms with Crippen LogP contribution in [-0.2, 0) is 14.3 Å². The average Bonchev–Trinajstić information content (AvgIpc) is 3.01. The summed E-state index contributed by atoms with van der Waals surface area (Å²) in [4.78, 5) is 29.5. The van der Waals surface area contributed by atoms with E-state index in [1.165, 1.54) is 6.39 Å². The van der Waals surface area contributed by atoms with Gasteiger partial charge in [-0.05, 0) is 12.1 Å². The second-order valence-corrected chi connectivity index (χ2v) is 4.57. The highest BCUT2D eigenvalue weighted by Crippen LogP contribution is 2.17. The van der Waals surface area contributed by atoms with Gasteiger partial charge in [-0.1, -0.05) is 6.07 Å². The van der Waals surface area contributed by atoms with Crippen LogP contribution in [0.5, 0.6) is 0 Å². The number of para-hydroxylation sites is 1. The van der Waals surface area contributed by atoms with Crippen molar-refractivity contribution in [3.05, 3.63) is 30.2 Å². The third-order valence-electron chi connectivity index (χ3n) is 3.27. The van der Waals surface area contributed by atoms with E-state index in [9.17, 15) is 9.59 Å². The molecule has 3 rings (SSSR count). The Morgan fingerprint density at radius 2 is 2.10 bits per heavy atom. The maximum absolute atomic E-state index is 12.0. The largest absolute Gasteiger partial charge is 0.452 e. The summed E-state index contributed by atoms with van der Waals surface area (Å²) in [6.45, 7) is 1.79. The number of nitrogens with zero attached hydrogens (tertiary/aromatic N) is 2. The van der Waals surface area contributed by atoms with Crippen LogP contribution < -0.4 is 0 Å². The molecule has 1 aliphatic heterocycles. The van der Waals surface area contributed by atoms with E-state index in [-0.39, 0.29) is 18.1 Å². The number of fused-ring (bicyclic) bond motifs is 1. The molecule has 2 aromatic rings. The molecule has 0 aliphatic carbocycles. The third kappa shape index (κ3) is 2.87. The van der Waals surface area contributed by atoms with Crippen LogP contribution in [0.25, 0.3) is 11.1 Å². The van der Waals surface area contributed by atoms with E-state index in [0.29, 0.717) is 37.4 Å². The molecule has 0 radical (unpaired) electrons. The van der Waals surface area contributed by atoms with Crippen molar-refractivity contribution in [3.8, 4) is 0 Å². The molecule has 7 nitrogen and oxygen atoms in total. The molecule has 0 bridgehead atoms. The summed E-state index contributed by atoms with van der Waals surface area (Å²) in [6, 6.07) is 4.97. The minimum Gasteiger partial charge on any atom is -0.452 e. The van der Waals surface area contributed by atoms with Gasteiger partial charge < -0.3 is 18.8 Å². The summed E-state index contributed by atoms with van der Waals surface area (Å²) in [5, 5.41) is 0. The van der Waals surface area contributed by atoms with Crippen molar-refractivity contribution in [1.82, 2.24) is 9.88 Å². The molecule has 1 aliphatic rings. The van der Waals surface area contributed by atoms with Gasteiger partial charge in [-0.3, -0.25) is 4.79 Å². The predicted molar refractivity (Wildman–Crippen MR) is 71.7 cm³/mol. The summed E-state index contributed by atoms with van der Waals surface area (Å²) in [5.41, 5.74) is 1.22. The Morgan fingerprint density at radius 3 is 2.90 bits per heavy atom. The molecule has 1 aromatic carbocycles. The lowest BCUT2D eigenvalue weighted by molar-refractivity contribution is -0.138. The van der Waals surface area contributed by atoms with Crippen molar-refractivity contribution in [2.24, 2.45) is 0 Å². The highest BCUT2D eigenvalue weighted by atomic mass is 16.5. The fraction of sp³-hybridized carbons (Fsp3) is 0.357. The van der Waals surface area contributed by atoms with Gasteiger partial charge in [-0.2, -0.15) is 0 Å². The second kappa shape index (κ2) is 5.92. The molecule has 0 unspecified atom stereocenters. The minimum absolute atomic E-state index is 0.223. The first-order chi connectivity index (χ1) is 10.3. The first-order valence-electron chi connectivity index (χ1n) is 6.60. The van der Waals surface area contributed by atoms with Crippen molar-refractivity contribution in [2.45, 2.75) is 0 Å². The monoisotopic (exact) mass is 290 g/mol. The Morgan fingerprint density at radius 1 is 1.29 bits per heavy atom. The Balaban J connectivity index is 1.64. The van der Waals surface area contributed by atoms with E-state index in [1.807, 2.05) is 0 Å². The molecule has 1 saturated heterocycles. The summed E-state index contributed by atoms with van der Waals surface area (Å²) in [7, 11) is 0. The molecule has 110 valence electrons. The van der Waals surface area contributed by atoms with Gasteiger partial charge in [0.15, 0.2) is 18.6 Å². The number of rotatable bonds is 3. The van der Waals surface area contributed by atoms with E-state index in [0.717, 1.165) is 0 Å². The molecule has 21 heavy (non-hydrogen) atoms. The van der Waals surface area contributed by atoms with Crippen LogP contribution in [0.1, 0.15) is 10.4 Å². The number of oxazole rings is 1. The first-order valence-corrected chi connectivity index (χ1v) is 6.60. The van der Waals surface area contributed by atoms with Crippen molar-refractivity contribution in [2.75, 3.05) is 32.9 Å². The molecule has 1 aromatic heterocycles. The van der Waals surface area contributed by atoms with Gasteiger partial charge in [-0.25, -0.2) is 9.78 Å². The van der Waals surface area contributed by atoms with Crippen LogP contribution in [0.3, 0.4) is 0 Å². The summed E-state index contributed by atoms with van der Waals surface area (Å²) in [6.07, 6.45) is 1.26. The maximum Gasteiger partial charge on any atom is 0.340 e. The molecule has 2 heterocycles. The van der Waals surface area contributed by atoms with Crippen LogP contribution in [0.4, 0.5) is 0 Å². The molecular formula is C14H14N2O5. The fourth-order valence-corrected chi connectivity index (χ4v) is 2.16. The number of benzene rings is 1. The SMILES string of the molecule is O=C(OCC(=O)N1CCOCC1)c1cccc2ocnc12. The number of aromatic nitrogens is 1. The van der Waals surface area contributed by atoms with E-state index >= 15 is 0 Å². The molecule has 0 saturated carbocycles. The number of hydrogen-bond donors (Lipinski definition) is 0. The van der Waals surface area contributed by atoms with Crippen LogP contribution >= 0.6 is 0 Å². The standard InChI is InChI=1S/C14H14N2O5/c17-12(16-4-6-19-7-5-16)8-20-14(18)10-2-1-3-11-13(10)15-9-21-11/h1-3,9H,4-8H2. The van der Waals surface area contributed by atoms with Crippen molar-refractivity contribution < 1.29 is 23.5 Å². The third-order valence-corrected chi connectivity index (χ3v) is 3.27. The Kier molecular flexibility index (Phi) is 3.83. The lowest BCUT2D eigenvalue weighted by Gasteiger charge is -2.26. The van der Waals surface area contributed by atoms with E-state index < -0.39 is 5.97 Å². The molecule has 1 amide bonds. The molecule has 0 N–H and O–H groups in total. The van der Waals surface area contributed by atoms with Gasteiger partial charge in [0, 0.05) is 13.1 Å². The number of morpholine rings is 1. The summed E-state index contributed by atoms with van der Waals surface area (Å²) in [5.74, 6) is -0.810. The topological polar surface area (TPSA) is 81.9 Å². The zero-order valence-corrected chi connectivity index (χ0v) is 11.3. The average molecular weight is 290 g/mol. The molecular weight excluding hydrogens is 276 g/mol. The number of carbonyl (C=O) groups excluding carboxylic acids is 2. The van der Waals surface area contributed by atoms with Gasteiger partial charge in [0.05, 0.1) is 18.8 Å². The van der Waals surface area contributed by atoms with Crippen LogP contribution in [0, 0.1) is 0 Å². The van der Waals surface area contributed by atoms with E-state index in [4.69, 9.17) is 13.9 Å². The van der Waals surface area contributed by atoms with Gasteiger partial charge in [0.25, 0.3) is 5.91 Å². The van der Waals surface area contributed by atoms with E-state index in [1.54, 1.807) is 23.1 Å². The number of hydrogen-bond acceptors (Lipinski definition) is 6. The second-order valence-electron chi connectivity index (χ2n) is 4.57. The van der Waals surface area contributed by atoms with Crippen molar-refractivity contribution >= 4 is 23.0 Å². The quantitative estimate of drug-likeness (QED) is 0.779. The zero-order valence-electron chi connectivity index (χ0n) is 11.3. The van der Waals surface area contributed by atoms with E-state index in [2.05, 4.69) is 4.98 Å². The van der Waals surface area contributed by atoms with Crippen LogP contribution in [-0.4, -0.2) is 54.7 Å². The Hall–Kier alpha value is -2.41. The number of amides is 1. The fourth-order valence-electron chi connectivity index (χ4n) is 2.16. The molecule has 0 atom stereocenters. The molecule has 0 spiro atoms. The Bertz CT molecular complexity index is 660. The number of esters is 1. The smallest absolute Gasteiger partial charge is 0.340 e. The van der Waals surface area contributed by atoms with Gasteiger partial charge in [0.1, 0.15) is 5.52 Å². The Labute approximate surface area is 120 Å². The van der Waals surface area contributed by atoms with Crippen LogP contribution in [0.2, 0.25) is 0 Å². The lowest BCUT2D eigenvalue weighted by Crippen LogP contribution is -2.42. The van der Waals surface area contributed by atoms with Gasteiger partial charge >= 0.3 is 5.97 Å². The molecule has 1 fully saturated rings. The predicted octanol–water partition coefficient (Wildman–Crippen LogP) is 0.843. The highest BCUT2D eigenvalue weighted by Gasteiger charge is 2.20. The van der Waals surface area contributed by atoms with Crippen LogP contribution in [0.15, 0.2) is 29.0 Å².